The molecule has 5 amide bonds. The Morgan fingerprint density at radius 3 is 1.94 bits per heavy atom. The molecular weight excluding hydrogens is 1060 g/mol. The number of aliphatic hydroxyl groups is 1. The van der Waals surface area contributed by atoms with Crippen molar-refractivity contribution in [2.24, 2.45) is 11.8 Å². The number of rotatable bonds is 15. The van der Waals surface area contributed by atoms with Crippen LogP contribution >= 0.6 is 0 Å². The number of fused-ring (bicyclic) bond motifs is 1. The van der Waals surface area contributed by atoms with Crippen molar-refractivity contribution in [3.63, 3.8) is 0 Å². The van der Waals surface area contributed by atoms with Crippen LogP contribution in [0.15, 0.2) is 71.5 Å². The van der Waals surface area contributed by atoms with Crippen LogP contribution in [0.3, 0.4) is 0 Å². The molecule has 0 spiro atoms. The average molecular weight is 1160 g/mol. The highest BCUT2D eigenvalue weighted by Gasteiger charge is 2.36. The second-order valence-electron chi connectivity index (χ2n) is 23.8. The number of unbranched alkanes of at least 4 members (excludes halogenated alkanes) is 2. The lowest BCUT2D eigenvalue weighted by atomic mass is 9.83. The summed E-state index contributed by atoms with van der Waals surface area (Å²) in [6, 6.07) is 19.7. The Morgan fingerprint density at radius 1 is 0.714 bits per heavy atom. The van der Waals surface area contributed by atoms with Gasteiger partial charge in [-0.3, -0.25) is 38.6 Å². The molecule has 4 saturated heterocycles. The van der Waals surface area contributed by atoms with E-state index in [1.807, 2.05) is 30.9 Å². The van der Waals surface area contributed by atoms with Crippen molar-refractivity contribution in [3.05, 3.63) is 111 Å². The number of amides is 5. The number of aryl methyl sites for hydroxylation is 1. The summed E-state index contributed by atoms with van der Waals surface area (Å²) in [5.41, 5.74) is 2.33. The maximum atomic E-state index is 15.0. The van der Waals surface area contributed by atoms with E-state index in [4.69, 9.17) is 0 Å². The van der Waals surface area contributed by atoms with E-state index in [2.05, 4.69) is 84.2 Å². The van der Waals surface area contributed by atoms with Gasteiger partial charge in [0.1, 0.15) is 17.5 Å². The highest BCUT2D eigenvalue weighted by Crippen LogP contribution is 2.30. The van der Waals surface area contributed by atoms with Gasteiger partial charge in [-0.15, -0.1) is 0 Å². The van der Waals surface area contributed by atoms with Gasteiger partial charge in [0.25, 0.3) is 17.4 Å². The van der Waals surface area contributed by atoms with E-state index in [0.29, 0.717) is 99.1 Å². The Morgan fingerprint density at radius 2 is 1.33 bits per heavy atom. The van der Waals surface area contributed by atoms with Gasteiger partial charge in [0, 0.05) is 89.7 Å². The van der Waals surface area contributed by atoms with Crippen molar-refractivity contribution in [1.29, 1.82) is 0 Å². The number of carbonyl (C=O) groups excluding carboxylic acids is 5. The molecule has 1 aromatic heterocycles. The van der Waals surface area contributed by atoms with Crippen molar-refractivity contribution in [2.45, 2.75) is 170 Å². The molecule has 1 aliphatic carbocycles. The van der Waals surface area contributed by atoms with Crippen molar-refractivity contribution >= 4 is 40.8 Å². The first kappa shape index (κ1) is 68.7. The Kier molecular flexibility index (Phi) is 29.0. The van der Waals surface area contributed by atoms with Gasteiger partial charge < -0.3 is 30.0 Å². The number of likely N-dealkylation sites (tertiary alicyclic amines) is 2. The van der Waals surface area contributed by atoms with Crippen LogP contribution in [0.2, 0.25) is 0 Å². The molecular formula is C67H102FN9O7. The molecule has 0 bridgehead atoms. The molecule has 16 nitrogen and oxygen atoms in total. The Bertz CT molecular complexity index is 2710. The molecule has 2 atom stereocenters. The summed E-state index contributed by atoms with van der Waals surface area (Å²) in [6.45, 7) is 26.9. The van der Waals surface area contributed by atoms with Crippen LogP contribution in [0.5, 0.6) is 0 Å². The lowest BCUT2D eigenvalue weighted by Crippen LogP contribution is -2.56. The summed E-state index contributed by atoms with van der Waals surface area (Å²) < 4.78 is 15.0. The smallest absolute Gasteiger partial charge is 0.272 e. The van der Waals surface area contributed by atoms with Crippen LogP contribution in [0, 0.1) is 24.6 Å². The molecule has 464 valence electrons. The Labute approximate surface area is 501 Å². The number of aromatic amines is 1. The van der Waals surface area contributed by atoms with Crippen molar-refractivity contribution in [1.82, 2.24) is 44.9 Å². The number of aromatic nitrogens is 2. The number of halogens is 1. The summed E-state index contributed by atoms with van der Waals surface area (Å²) in [4.78, 5) is 87.6. The van der Waals surface area contributed by atoms with E-state index in [1.165, 1.54) is 49.3 Å². The summed E-state index contributed by atoms with van der Waals surface area (Å²) in [7, 11) is 0. The summed E-state index contributed by atoms with van der Waals surface area (Å²) in [5.74, 6) is 0.119. The number of nitrogens with zero attached hydrogens (tertiary/aromatic N) is 7. The maximum absolute atomic E-state index is 15.0. The molecule has 2 unspecified atom stereocenters. The zero-order chi connectivity index (χ0) is 61.2. The zero-order valence-corrected chi connectivity index (χ0v) is 52.4. The van der Waals surface area contributed by atoms with Gasteiger partial charge in [-0.2, -0.15) is 5.10 Å². The van der Waals surface area contributed by atoms with Gasteiger partial charge in [0.15, 0.2) is 0 Å². The first-order valence-electron chi connectivity index (χ1n) is 31.8. The molecule has 5 heterocycles. The summed E-state index contributed by atoms with van der Waals surface area (Å²) in [5, 5.41) is 20.7. The van der Waals surface area contributed by atoms with Gasteiger partial charge in [-0.1, -0.05) is 141 Å². The lowest BCUT2D eigenvalue weighted by Gasteiger charge is -2.41. The Hall–Kier alpha value is -6.04. The summed E-state index contributed by atoms with van der Waals surface area (Å²) in [6.07, 6.45) is 15.9. The Balaban J connectivity index is 0.000000366. The zero-order valence-electron chi connectivity index (χ0n) is 52.4. The first-order valence-corrected chi connectivity index (χ1v) is 31.8. The minimum absolute atomic E-state index is 0.0144. The van der Waals surface area contributed by atoms with Crippen molar-refractivity contribution in [2.75, 3.05) is 91.6 Å². The number of hydrogen-bond donors (Lipinski definition) is 3. The molecule has 0 radical (unpaired) electrons. The van der Waals surface area contributed by atoms with E-state index in [1.54, 1.807) is 52.8 Å². The van der Waals surface area contributed by atoms with E-state index in [-0.39, 0.29) is 34.8 Å². The van der Waals surface area contributed by atoms with Crippen LogP contribution in [0.4, 0.5) is 4.39 Å². The van der Waals surface area contributed by atoms with Crippen LogP contribution in [-0.4, -0.2) is 178 Å². The van der Waals surface area contributed by atoms with E-state index in [9.17, 15) is 38.3 Å². The number of nitrogens with one attached hydrogen (secondary N) is 2. The number of H-pyrrole nitrogens is 1. The van der Waals surface area contributed by atoms with Crippen LogP contribution < -0.4 is 10.9 Å². The fourth-order valence-corrected chi connectivity index (χ4v) is 11.7. The number of piperidine rings is 2. The van der Waals surface area contributed by atoms with E-state index in [0.717, 1.165) is 90.6 Å². The molecule has 9 rings (SSSR count). The van der Waals surface area contributed by atoms with E-state index >= 15 is 0 Å². The molecule has 84 heavy (non-hydrogen) atoms. The van der Waals surface area contributed by atoms with Crippen LogP contribution in [0.25, 0.3) is 10.8 Å². The standard InChI is InChI=1S/C41H53FN8O5.C16H23NO2.2C4H10.C2H6/c42-35-11-10-30(25-36-32-8-4-5-9-33(32)39(53)45-44-36)24-34(35)40(54)49-22-20-48(21-23-49)37(52)27-46-14-12-29(13-15-46)26-47-16-18-50(19-17-47)41(55)38(43-28-51)31-6-2-1-3-7-31;1-12-6-4-7-13(10-12)14-8-5-9-17(11-14)15(18)16(2,3)19;2*1-3-4-2;1-2/h4-5,8-11,24,28-29,31,38H,1-3,6-7,12-23,25-27H2,(H,43,51)(H,45,53);4,6-7,10,14,19H,5,8-9,11H2,1-3H3;2*3-4H2,1-2H3;1-2H3. The molecule has 5 aliphatic rings. The first-order chi connectivity index (χ1) is 40.5. The molecule has 5 fully saturated rings. The fraction of sp³-hybridized carbons (Fsp3) is 0.627. The molecule has 3 N–H and O–H groups in total. The average Bonchev–Trinajstić information content (AvgIpc) is 3.57. The minimum Gasteiger partial charge on any atom is -0.381 e. The third kappa shape index (κ3) is 20.6. The van der Waals surface area contributed by atoms with Gasteiger partial charge in [-0.05, 0) is 114 Å². The quantitative estimate of drug-likeness (QED) is 0.0970. The normalized spacial score (nSPS) is 18.5. The fourth-order valence-electron chi connectivity index (χ4n) is 11.7. The predicted molar refractivity (Wildman–Crippen MR) is 334 cm³/mol. The van der Waals surface area contributed by atoms with Gasteiger partial charge in [-0.25, -0.2) is 9.49 Å². The lowest BCUT2D eigenvalue weighted by molar-refractivity contribution is -0.149. The summed E-state index contributed by atoms with van der Waals surface area (Å²) >= 11 is 0. The second kappa shape index (κ2) is 35.4. The number of benzene rings is 3. The molecule has 4 aromatic rings. The van der Waals surface area contributed by atoms with E-state index < -0.39 is 23.4 Å². The minimum atomic E-state index is -1.27. The van der Waals surface area contributed by atoms with Gasteiger partial charge in [0.2, 0.25) is 18.2 Å². The largest absolute Gasteiger partial charge is 0.381 e. The maximum Gasteiger partial charge on any atom is 0.272 e. The van der Waals surface area contributed by atoms with Gasteiger partial charge >= 0.3 is 0 Å². The number of hydrogen-bond acceptors (Lipinski definition) is 10. The topological polar surface area (TPSA) is 183 Å². The predicted octanol–water partition coefficient (Wildman–Crippen LogP) is 9.60. The van der Waals surface area contributed by atoms with Crippen molar-refractivity contribution < 1.29 is 33.5 Å². The molecule has 4 aliphatic heterocycles. The highest BCUT2D eigenvalue weighted by atomic mass is 19.1. The number of piperazine rings is 2. The van der Waals surface area contributed by atoms with Crippen LogP contribution in [-0.2, 0) is 25.6 Å². The SMILES string of the molecule is CC.CCCC.CCCC.Cc1cccc(C2CCCN(C(=O)C(C)(C)O)C2)c1.O=CNC(C(=O)N1CCN(CC2CCN(CC(=O)N3CCN(C(=O)c4cc(Cc5n[nH]c(=O)c6ccccc56)ccc4F)CC3)CC2)CC1)C1CCCCC1. The third-order valence-corrected chi connectivity index (χ3v) is 17.0. The molecule has 3 aromatic carbocycles. The number of carbonyl (C=O) groups is 5. The molecule has 17 heteroatoms. The van der Waals surface area contributed by atoms with Crippen LogP contribution in [0.1, 0.15) is 178 Å². The van der Waals surface area contributed by atoms with Gasteiger partial charge in [0.05, 0.1) is 23.2 Å². The highest BCUT2D eigenvalue weighted by molar-refractivity contribution is 5.95. The van der Waals surface area contributed by atoms with Crippen molar-refractivity contribution in [3.8, 4) is 0 Å². The molecule has 1 saturated carbocycles. The monoisotopic (exact) mass is 1160 g/mol. The third-order valence-electron chi connectivity index (χ3n) is 17.0. The second-order valence-corrected chi connectivity index (χ2v) is 23.8.